The van der Waals surface area contributed by atoms with Crippen molar-refractivity contribution in [3.8, 4) is 0 Å². The van der Waals surface area contributed by atoms with Crippen LogP contribution in [0.5, 0.6) is 0 Å². The molecule has 0 aromatic rings. The first-order valence-corrected chi connectivity index (χ1v) is 10.2. The molecule has 1 saturated carbocycles. The van der Waals surface area contributed by atoms with Gasteiger partial charge in [0.2, 0.25) is 0 Å². The van der Waals surface area contributed by atoms with Gasteiger partial charge in [0, 0.05) is 44.3 Å². The standard InChI is InChI=1S/C20H39N3/c1-16(2)21-7-5-18(6-8-21)13-19-14-20(15-19)23-11-9-22(10-12-23)17(3)4/h16-20H,5-15H2,1-4H3. The molecule has 134 valence electrons. The Morgan fingerprint density at radius 1 is 0.696 bits per heavy atom. The van der Waals surface area contributed by atoms with E-state index in [-0.39, 0.29) is 0 Å². The third-order valence-corrected chi connectivity index (χ3v) is 6.85. The third kappa shape index (κ3) is 4.49. The van der Waals surface area contributed by atoms with E-state index in [0.717, 1.165) is 30.0 Å². The van der Waals surface area contributed by atoms with Crippen molar-refractivity contribution in [3.63, 3.8) is 0 Å². The van der Waals surface area contributed by atoms with Crippen LogP contribution in [0.4, 0.5) is 0 Å². The lowest BCUT2D eigenvalue weighted by Gasteiger charge is -2.48. The summed E-state index contributed by atoms with van der Waals surface area (Å²) in [4.78, 5) is 8.08. The Morgan fingerprint density at radius 3 is 1.74 bits per heavy atom. The van der Waals surface area contributed by atoms with E-state index in [1.54, 1.807) is 0 Å². The summed E-state index contributed by atoms with van der Waals surface area (Å²) in [6, 6.07) is 2.39. The van der Waals surface area contributed by atoms with Gasteiger partial charge in [-0.05, 0) is 84.7 Å². The second-order valence-corrected chi connectivity index (χ2v) is 8.97. The highest BCUT2D eigenvalue weighted by atomic mass is 15.3. The maximum Gasteiger partial charge on any atom is 0.0113 e. The minimum Gasteiger partial charge on any atom is -0.301 e. The molecule has 3 rings (SSSR count). The van der Waals surface area contributed by atoms with Gasteiger partial charge in [-0.15, -0.1) is 0 Å². The van der Waals surface area contributed by atoms with E-state index in [4.69, 9.17) is 0 Å². The van der Waals surface area contributed by atoms with E-state index in [1.165, 1.54) is 71.4 Å². The molecule has 0 bridgehead atoms. The van der Waals surface area contributed by atoms with Crippen LogP contribution < -0.4 is 0 Å². The summed E-state index contributed by atoms with van der Waals surface area (Å²) in [6.07, 6.45) is 7.41. The van der Waals surface area contributed by atoms with Crippen molar-refractivity contribution in [2.75, 3.05) is 39.3 Å². The summed E-state index contributed by atoms with van der Waals surface area (Å²) in [7, 11) is 0. The minimum absolute atomic E-state index is 0.725. The first-order chi connectivity index (χ1) is 11.0. The second kappa shape index (κ2) is 7.84. The molecule has 23 heavy (non-hydrogen) atoms. The number of rotatable bonds is 5. The summed E-state index contributed by atoms with van der Waals surface area (Å²) >= 11 is 0. The largest absolute Gasteiger partial charge is 0.301 e. The van der Waals surface area contributed by atoms with Crippen LogP contribution in [0.25, 0.3) is 0 Å². The van der Waals surface area contributed by atoms with E-state index in [1.807, 2.05) is 0 Å². The number of nitrogens with zero attached hydrogens (tertiary/aromatic N) is 3. The molecule has 2 heterocycles. The fourth-order valence-corrected chi connectivity index (χ4v) is 4.99. The zero-order valence-electron chi connectivity index (χ0n) is 16.0. The molecule has 0 unspecified atom stereocenters. The molecule has 2 aliphatic heterocycles. The highest BCUT2D eigenvalue weighted by Gasteiger charge is 2.36. The smallest absolute Gasteiger partial charge is 0.0113 e. The first kappa shape index (κ1) is 17.7. The Kier molecular flexibility index (Phi) is 6.03. The summed E-state index contributed by atoms with van der Waals surface area (Å²) in [6.45, 7) is 17.2. The fourth-order valence-electron chi connectivity index (χ4n) is 4.99. The van der Waals surface area contributed by atoms with Gasteiger partial charge in [-0.1, -0.05) is 0 Å². The molecule has 3 aliphatic rings. The molecule has 1 aliphatic carbocycles. The maximum atomic E-state index is 2.79. The SMILES string of the molecule is CC(C)N1CCC(CC2CC(N3CCN(C(C)C)CC3)C2)CC1. The number of hydrogen-bond donors (Lipinski definition) is 0. The summed E-state index contributed by atoms with van der Waals surface area (Å²) < 4.78 is 0. The van der Waals surface area contributed by atoms with Gasteiger partial charge in [-0.3, -0.25) is 9.80 Å². The van der Waals surface area contributed by atoms with Crippen LogP contribution in [0.15, 0.2) is 0 Å². The van der Waals surface area contributed by atoms with Crippen LogP contribution in [0, 0.1) is 11.8 Å². The molecule has 3 nitrogen and oxygen atoms in total. The average molecular weight is 322 g/mol. The molecule has 0 radical (unpaired) electrons. The predicted octanol–water partition coefficient (Wildman–Crippen LogP) is 3.30. The van der Waals surface area contributed by atoms with E-state index >= 15 is 0 Å². The van der Waals surface area contributed by atoms with E-state index in [0.29, 0.717) is 0 Å². The Bertz CT molecular complexity index is 346. The first-order valence-electron chi connectivity index (χ1n) is 10.2. The lowest BCUT2D eigenvalue weighted by atomic mass is 9.72. The van der Waals surface area contributed by atoms with Crippen molar-refractivity contribution >= 4 is 0 Å². The molecule has 0 aromatic carbocycles. The summed E-state index contributed by atoms with van der Waals surface area (Å²) in [5.41, 5.74) is 0. The lowest BCUT2D eigenvalue weighted by Crippen LogP contribution is -2.55. The predicted molar refractivity (Wildman–Crippen MR) is 98.8 cm³/mol. The van der Waals surface area contributed by atoms with Crippen LogP contribution in [0.3, 0.4) is 0 Å². The van der Waals surface area contributed by atoms with Crippen LogP contribution in [-0.4, -0.2) is 72.1 Å². The minimum atomic E-state index is 0.725. The molecule has 3 heteroatoms. The van der Waals surface area contributed by atoms with Gasteiger partial charge in [0.05, 0.1) is 0 Å². The van der Waals surface area contributed by atoms with Crippen molar-refractivity contribution < 1.29 is 0 Å². The molecule has 2 saturated heterocycles. The second-order valence-electron chi connectivity index (χ2n) is 8.97. The molecule has 0 amide bonds. The van der Waals surface area contributed by atoms with Gasteiger partial charge in [0.15, 0.2) is 0 Å². The van der Waals surface area contributed by atoms with E-state index in [2.05, 4.69) is 42.4 Å². The van der Waals surface area contributed by atoms with E-state index < -0.39 is 0 Å². The molecular formula is C20H39N3. The Morgan fingerprint density at radius 2 is 1.22 bits per heavy atom. The number of piperazine rings is 1. The van der Waals surface area contributed by atoms with Crippen LogP contribution in [-0.2, 0) is 0 Å². The average Bonchev–Trinajstić information content (AvgIpc) is 2.51. The highest BCUT2D eigenvalue weighted by Crippen LogP contribution is 2.39. The molecule has 3 fully saturated rings. The van der Waals surface area contributed by atoms with Gasteiger partial charge in [0.25, 0.3) is 0 Å². The number of piperidine rings is 1. The normalized spacial score (nSPS) is 32.6. The van der Waals surface area contributed by atoms with Crippen molar-refractivity contribution in [3.05, 3.63) is 0 Å². The fraction of sp³-hybridized carbons (Fsp3) is 1.00. The Labute approximate surface area is 144 Å². The highest BCUT2D eigenvalue weighted by molar-refractivity contribution is 4.91. The van der Waals surface area contributed by atoms with Crippen LogP contribution >= 0.6 is 0 Å². The van der Waals surface area contributed by atoms with E-state index in [9.17, 15) is 0 Å². The van der Waals surface area contributed by atoms with Crippen molar-refractivity contribution in [1.82, 2.24) is 14.7 Å². The number of likely N-dealkylation sites (tertiary alicyclic amines) is 1. The maximum absolute atomic E-state index is 2.79. The van der Waals surface area contributed by atoms with Gasteiger partial charge in [-0.25, -0.2) is 0 Å². The molecule has 0 atom stereocenters. The van der Waals surface area contributed by atoms with Gasteiger partial charge >= 0.3 is 0 Å². The topological polar surface area (TPSA) is 9.72 Å². The van der Waals surface area contributed by atoms with Crippen molar-refractivity contribution in [1.29, 1.82) is 0 Å². The third-order valence-electron chi connectivity index (χ3n) is 6.85. The lowest BCUT2D eigenvalue weighted by molar-refractivity contribution is 0.0140. The van der Waals surface area contributed by atoms with Gasteiger partial charge in [-0.2, -0.15) is 0 Å². The quantitative estimate of drug-likeness (QED) is 0.769. The molecule has 0 N–H and O–H groups in total. The Hall–Kier alpha value is -0.120. The summed E-state index contributed by atoms with van der Waals surface area (Å²) in [5, 5.41) is 0. The summed E-state index contributed by atoms with van der Waals surface area (Å²) in [5.74, 6) is 2.06. The zero-order valence-corrected chi connectivity index (χ0v) is 16.0. The number of hydrogen-bond acceptors (Lipinski definition) is 3. The molecular weight excluding hydrogens is 282 g/mol. The van der Waals surface area contributed by atoms with Crippen molar-refractivity contribution in [2.45, 2.75) is 77.9 Å². The van der Waals surface area contributed by atoms with Gasteiger partial charge in [0.1, 0.15) is 0 Å². The van der Waals surface area contributed by atoms with Crippen LogP contribution in [0.1, 0.15) is 59.8 Å². The van der Waals surface area contributed by atoms with Crippen LogP contribution in [0.2, 0.25) is 0 Å². The Balaban J connectivity index is 1.31. The van der Waals surface area contributed by atoms with Crippen molar-refractivity contribution in [2.24, 2.45) is 11.8 Å². The molecule has 0 aromatic heterocycles. The molecule has 0 spiro atoms. The monoisotopic (exact) mass is 321 g/mol. The van der Waals surface area contributed by atoms with Gasteiger partial charge < -0.3 is 4.90 Å². The zero-order chi connectivity index (χ0) is 16.4.